The summed E-state index contributed by atoms with van der Waals surface area (Å²) in [5.41, 5.74) is 0. The maximum Gasteiger partial charge on any atom is 0.322 e. The van der Waals surface area contributed by atoms with Gasteiger partial charge in [0.1, 0.15) is 16.0 Å². The lowest BCUT2D eigenvalue weighted by atomic mass is 10.2. The maximum atomic E-state index is 12.5. The van der Waals surface area contributed by atoms with Crippen LogP contribution in [0.5, 0.6) is 5.75 Å². The van der Waals surface area contributed by atoms with Gasteiger partial charge < -0.3 is 10.2 Å². The molecule has 2 rings (SSSR count). The van der Waals surface area contributed by atoms with Gasteiger partial charge in [0, 0.05) is 6.54 Å². The lowest BCUT2D eigenvalue weighted by Crippen LogP contribution is -2.40. The fourth-order valence-corrected chi connectivity index (χ4v) is 4.65. The minimum absolute atomic E-state index is 0.0383. The number of carboxylic acids is 1. The molecule has 1 aliphatic heterocycles. The van der Waals surface area contributed by atoms with E-state index in [4.69, 9.17) is 39.9 Å². The molecule has 10 heteroatoms. The molecule has 0 saturated carbocycles. The second-order valence-corrected chi connectivity index (χ2v) is 7.47. The number of sulfonamides is 1. The van der Waals surface area contributed by atoms with Crippen molar-refractivity contribution in [3.05, 3.63) is 21.1 Å². The highest BCUT2D eigenvalue weighted by Gasteiger charge is 2.41. The zero-order valence-corrected chi connectivity index (χ0v) is 13.5. The van der Waals surface area contributed by atoms with E-state index in [0.717, 1.165) is 10.4 Å². The molecule has 1 atom stereocenters. The van der Waals surface area contributed by atoms with Crippen molar-refractivity contribution in [2.45, 2.75) is 23.8 Å². The molecule has 116 valence electrons. The molecule has 1 saturated heterocycles. The van der Waals surface area contributed by atoms with Gasteiger partial charge in [0.2, 0.25) is 10.0 Å². The minimum Gasteiger partial charge on any atom is -0.505 e. The Morgan fingerprint density at radius 3 is 2.48 bits per heavy atom. The highest BCUT2D eigenvalue weighted by molar-refractivity contribution is 7.89. The zero-order valence-electron chi connectivity index (χ0n) is 10.4. The first-order chi connectivity index (χ1) is 9.67. The lowest BCUT2D eigenvalue weighted by Gasteiger charge is -2.22. The summed E-state index contributed by atoms with van der Waals surface area (Å²) in [7, 11) is -4.25. The highest BCUT2D eigenvalue weighted by atomic mass is 35.5. The minimum atomic E-state index is -4.25. The first kappa shape index (κ1) is 16.6. The van der Waals surface area contributed by atoms with Gasteiger partial charge in [-0.2, -0.15) is 4.31 Å². The van der Waals surface area contributed by atoms with Crippen LogP contribution in [0.2, 0.25) is 15.1 Å². The van der Waals surface area contributed by atoms with Gasteiger partial charge in [0.05, 0.1) is 10.0 Å². The molecule has 0 aromatic heterocycles. The topological polar surface area (TPSA) is 94.9 Å². The van der Waals surface area contributed by atoms with Gasteiger partial charge in [0.25, 0.3) is 0 Å². The number of hydrogen-bond donors (Lipinski definition) is 2. The number of halogens is 3. The summed E-state index contributed by atoms with van der Waals surface area (Å²) >= 11 is 17.2. The van der Waals surface area contributed by atoms with E-state index in [0.29, 0.717) is 6.42 Å². The van der Waals surface area contributed by atoms with Gasteiger partial charge in [-0.1, -0.05) is 34.8 Å². The quantitative estimate of drug-likeness (QED) is 0.793. The van der Waals surface area contributed by atoms with Gasteiger partial charge >= 0.3 is 5.97 Å². The molecular formula is C11H10Cl3NO5S. The summed E-state index contributed by atoms with van der Waals surface area (Å²) in [5, 5.41) is 18.3. The van der Waals surface area contributed by atoms with Gasteiger partial charge in [-0.15, -0.1) is 0 Å². The van der Waals surface area contributed by atoms with E-state index in [1.807, 2.05) is 0 Å². The fourth-order valence-electron chi connectivity index (χ4n) is 2.16. The average Bonchev–Trinajstić information content (AvgIpc) is 2.90. The third-order valence-electron chi connectivity index (χ3n) is 3.18. The Morgan fingerprint density at radius 2 is 1.90 bits per heavy atom. The van der Waals surface area contributed by atoms with Crippen molar-refractivity contribution >= 4 is 50.8 Å². The predicted molar refractivity (Wildman–Crippen MR) is 77.7 cm³/mol. The van der Waals surface area contributed by atoms with Crippen molar-refractivity contribution in [3.8, 4) is 5.75 Å². The Bertz CT molecular complexity index is 706. The highest BCUT2D eigenvalue weighted by Crippen LogP contribution is 2.43. The first-order valence-corrected chi connectivity index (χ1v) is 8.36. The average molecular weight is 375 g/mol. The van der Waals surface area contributed by atoms with Crippen LogP contribution < -0.4 is 0 Å². The largest absolute Gasteiger partial charge is 0.505 e. The first-order valence-electron chi connectivity index (χ1n) is 5.79. The number of carbonyl (C=O) groups is 1. The predicted octanol–water partition coefficient (Wildman–Crippen LogP) is 2.59. The van der Waals surface area contributed by atoms with Crippen LogP contribution in [0.25, 0.3) is 0 Å². The van der Waals surface area contributed by atoms with Crippen molar-refractivity contribution in [2.75, 3.05) is 6.54 Å². The Labute approximate surface area is 135 Å². The maximum absolute atomic E-state index is 12.5. The summed E-state index contributed by atoms with van der Waals surface area (Å²) < 4.78 is 25.9. The van der Waals surface area contributed by atoms with Gasteiger partial charge in [-0.25, -0.2) is 8.42 Å². The van der Waals surface area contributed by atoms with Gasteiger partial charge in [0.15, 0.2) is 5.75 Å². The number of rotatable bonds is 3. The summed E-state index contributed by atoms with van der Waals surface area (Å²) in [6.45, 7) is 0.0383. The number of phenols is 1. The molecule has 0 aliphatic carbocycles. The number of hydrogen-bond acceptors (Lipinski definition) is 4. The van der Waals surface area contributed by atoms with Crippen LogP contribution in [-0.2, 0) is 14.8 Å². The van der Waals surface area contributed by atoms with E-state index in [-0.39, 0.29) is 23.0 Å². The van der Waals surface area contributed by atoms with Crippen molar-refractivity contribution < 1.29 is 23.4 Å². The van der Waals surface area contributed by atoms with E-state index < -0.39 is 37.7 Å². The molecule has 0 unspecified atom stereocenters. The number of aromatic hydroxyl groups is 1. The number of phenolic OH excluding ortho intramolecular Hbond substituents is 1. The van der Waals surface area contributed by atoms with E-state index in [1.165, 1.54) is 0 Å². The molecule has 2 N–H and O–H groups in total. The molecule has 0 radical (unpaired) electrons. The molecule has 0 amide bonds. The van der Waals surface area contributed by atoms with Crippen LogP contribution in [0.3, 0.4) is 0 Å². The summed E-state index contributed by atoms with van der Waals surface area (Å²) in [5.74, 6) is -2.00. The summed E-state index contributed by atoms with van der Waals surface area (Å²) in [6, 6.07) is -0.222. The number of nitrogens with zero attached hydrogens (tertiary/aromatic N) is 1. The number of aliphatic carboxylic acids is 1. The van der Waals surface area contributed by atoms with Crippen LogP contribution in [0.4, 0.5) is 0 Å². The third-order valence-corrected chi connectivity index (χ3v) is 6.35. The molecule has 0 bridgehead atoms. The van der Waals surface area contributed by atoms with E-state index >= 15 is 0 Å². The monoisotopic (exact) mass is 373 g/mol. The number of benzene rings is 1. The van der Waals surface area contributed by atoms with Crippen molar-refractivity contribution in [3.63, 3.8) is 0 Å². The molecule has 21 heavy (non-hydrogen) atoms. The van der Waals surface area contributed by atoms with Crippen LogP contribution in [0.15, 0.2) is 11.0 Å². The molecule has 1 aromatic carbocycles. The Balaban J connectivity index is 2.58. The molecule has 6 nitrogen and oxygen atoms in total. The molecule has 1 heterocycles. The Hall–Kier alpha value is -0.730. The van der Waals surface area contributed by atoms with E-state index in [9.17, 15) is 18.3 Å². The van der Waals surface area contributed by atoms with Gasteiger partial charge in [-0.3, -0.25) is 4.79 Å². The molecular weight excluding hydrogens is 365 g/mol. The van der Waals surface area contributed by atoms with Crippen LogP contribution >= 0.6 is 34.8 Å². The van der Waals surface area contributed by atoms with Crippen LogP contribution in [0, 0.1) is 0 Å². The van der Waals surface area contributed by atoms with Crippen molar-refractivity contribution in [1.29, 1.82) is 0 Å². The molecule has 1 aromatic rings. The van der Waals surface area contributed by atoms with Gasteiger partial charge in [-0.05, 0) is 18.9 Å². The molecule has 0 spiro atoms. The Kier molecular flexibility index (Phi) is 4.60. The lowest BCUT2D eigenvalue weighted by molar-refractivity contribution is -0.140. The standard InChI is InChI=1S/C11H10Cl3NO5S/c12-5-4-7(10(16)9(14)8(5)13)21(19,20)15-3-1-2-6(15)11(17)18/h4,6,16H,1-3H2,(H,17,18)/t6-/m1/s1. The van der Waals surface area contributed by atoms with Crippen LogP contribution in [0.1, 0.15) is 12.8 Å². The molecule has 1 fully saturated rings. The Morgan fingerprint density at radius 1 is 1.29 bits per heavy atom. The molecule has 1 aliphatic rings. The number of carboxylic acid groups (broad SMARTS) is 1. The van der Waals surface area contributed by atoms with Crippen molar-refractivity contribution in [1.82, 2.24) is 4.31 Å². The SMILES string of the molecule is O=C(O)[C@H]1CCCN1S(=O)(=O)c1cc(Cl)c(Cl)c(Cl)c1O. The smallest absolute Gasteiger partial charge is 0.322 e. The van der Waals surface area contributed by atoms with Crippen LogP contribution in [-0.4, -0.2) is 41.5 Å². The fraction of sp³-hybridized carbons (Fsp3) is 0.364. The second-order valence-electron chi connectivity index (χ2n) is 4.45. The second kappa shape index (κ2) is 5.81. The van der Waals surface area contributed by atoms with E-state index in [1.54, 1.807) is 0 Å². The third kappa shape index (κ3) is 2.80. The zero-order chi connectivity index (χ0) is 15.9. The normalized spacial score (nSPS) is 19.9. The summed E-state index contributed by atoms with van der Waals surface area (Å²) in [6.07, 6.45) is 0.608. The summed E-state index contributed by atoms with van der Waals surface area (Å²) in [4.78, 5) is 10.6. The van der Waals surface area contributed by atoms with E-state index in [2.05, 4.69) is 0 Å². The van der Waals surface area contributed by atoms with Crippen molar-refractivity contribution in [2.24, 2.45) is 0 Å².